The Morgan fingerprint density at radius 1 is 0.671 bits per heavy atom. The van der Waals surface area contributed by atoms with Gasteiger partial charge in [-0.2, -0.15) is 0 Å². The Morgan fingerprint density at radius 2 is 1.24 bits per heavy atom. The number of nitrogens with one attached hydrogen (secondary N) is 4. The fourth-order valence-electron chi connectivity index (χ4n) is 8.27. The maximum absolute atomic E-state index is 14.3. The number of nitrogens with zero attached hydrogens (tertiary/aromatic N) is 1. The SMILES string of the molecule is COC1=C(OC)C(=O)C(CCCCCCCCCC(=O)NCCCC[C@H](NC(=O)[C@H](Cc2c(C)cc(O)cc2C)NC(=O)[C@H](N)CCCN=C(N)N)C(=O)N[C@@H](Cc2ccccc2)C(N)=O)=C(C)C1=O. The van der Waals surface area contributed by atoms with Crippen LogP contribution in [0.4, 0.5) is 0 Å². The van der Waals surface area contributed by atoms with Crippen molar-refractivity contribution in [3.8, 4) is 5.75 Å². The lowest BCUT2D eigenvalue weighted by atomic mass is 9.89. The van der Waals surface area contributed by atoms with Gasteiger partial charge in [-0.05, 0) is 107 Å². The molecule has 0 aromatic heterocycles. The van der Waals surface area contributed by atoms with Crippen LogP contribution in [0.15, 0.2) is 70.1 Å². The van der Waals surface area contributed by atoms with Gasteiger partial charge in [-0.1, -0.05) is 62.4 Å². The number of allylic oxidation sites excluding steroid dienone is 2. The third kappa shape index (κ3) is 19.0. The normalized spacial score (nSPS) is 14.3. The number of hydrogen-bond acceptors (Lipinski definition) is 12. The van der Waals surface area contributed by atoms with Crippen LogP contribution >= 0.6 is 0 Å². The number of primary amides is 1. The van der Waals surface area contributed by atoms with E-state index in [0.717, 1.165) is 44.1 Å². The highest BCUT2D eigenvalue weighted by atomic mass is 16.5. The van der Waals surface area contributed by atoms with E-state index in [1.54, 1.807) is 57.2 Å². The summed E-state index contributed by atoms with van der Waals surface area (Å²) < 4.78 is 10.3. The molecule has 1 aliphatic carbocycles. The number of carbonyl (C=O) groups excluding carboxylic acids is 7. The second-order valence-corrected chi connectivity index (χ2v) is 17.7. The molecule has 0 aliphatic heterocycles. The number of amides is 5. The minimum absolute atomic E-state index is 0.00515. The molecule has 2 aromatic carbocycles. The fourth-order valence-corrected chi connectivity index (χ4v) is 8.27. The molecule has 0 fully saturated rings. The van der Waals surface area contributed by atoms with Crippen molar-refractivity contribution in [3.63, 3.8) is 0 Å². The number of ketones is 2. The molecule has 70 heavy (non-hydrogen) atoms. The Hall–Kier alpha value is -6.76. The summed E-state index contributed by atoms with van der Waals surface area (Å²) in [5, 5.41) is 21.4. The van der Waals surface area contributed by atoms with Gasteiger partial charge in [0.05, 0.1) is 20.3 Å². The molecule has 0 heterocycles. The first-order chi connectivity index (χ1) is 33.4. The Kier molecular flexibility index (Phi) is 24.6. The summed E-state index contributed by atoms with van der Waals surface area (Å²) in [7, 11) is 2.68. The monoisotopic (exact) mass is 974 g/mol. The summed E-state index contributed by atoms with van der Waals surface area (Å²) >= 11 is 0. The number of guanidine groups is 1. The predicted molar refractivity (Wildman–Crippen MR) is 266 cm³/mol. The quantitative estimate of drug-likeness (QED) is 0.0221. The highest BCUT2D eigenvalue weighted by Gasteiger charge is 2.35. The molecule has 3 rings (SSSR count). The van der Waals surface area contributed by atoms with Crippen molar-refractivity contribution < 1.29 is 48.1 Å². The van der Waals surface area contributed by atoms with Crippen LogP contribution in [-0.2, 0) is 55.9 Å². The van der Waals surface area contributed by atoms with Crippen LogP contribution in [0.5, 0.6) is 5.75 Å². The highest BCUT2D eigenvalue weighted by molar-refractivity contribution is 6.23. The summed E-state index contributed by atoms with van der Waals surface area (Å²) in [6.45, 7) is 5.77. The van der Waals surface area contributed by atoms with Gasteiger partial charge in [-0.3, -0.25) is 38.6 Å². The van der Waals surface area contributed by atoms with Crippen molar-refractivity contribution >= 4 is 47.1 Å². The first-order valence-corrected chi connectivity index (χ1v) is 24.1. The first-order valence-electron chi connectivity index (χ1n) is 24.1. The van der Waals surface area contributed by atoms with E-state index in [2.05, 4.69) is 26.3 Å². The Balaban J connectivity index is 1.58. The second kappa shape index (κ2) is 30.0. The number of ether oxygens (including phenoxy) is 2. The number of rotatable bonds is 32. The maximum Gasteiger partial charge on any atom is 0.243 e. The summed E-state index contributed by atoms with van der Waals surface area (Å²) in [6, 6.07) is 7.65. The van der Waals surface area contributed by atoms with Gasteiger partial charge in [-0.15, -0.1) is 0 Å². The van der Waals surface area contributed by atoms with E-state index >= 15 is 0 Å². The van der Waals surface area contributed by atoms with Gasteiger partial charge in [-0.25, -0.2) is 0 Å². The lowest BCUT2D eigenvalue weighted by Crippen LogP contribution is -2.58. The standard InChI is InChI=1S/C51H75N9O10/c1-31-27-35(61)28-32(2)37(31)30-41(60-48(66)38(52)22-18-26-57-51(54)55)50(68)58-39(49(67)59-40(47(53)65)29-34-19-12-11-13-20-34)23-16-17-25-56-42(62)24-15-10-8-6-7-9-14-21-36-33(3)43(63)45(69-4)46(70-5)44(36)64/h11-13,19-20,27-28,38-41,61H,6-10,14-18,21-26,29-30,52H2,1-5H3,(H2,53,65)(H,56,62)(H,58,68)(H,59,67)(H,60,66)(H4,54,55,57)/t38-,39+,40+,41+/m1/s1. The van der Waals surface area contributed by atoms with Gasteiger partial charge in [0.1, 0.15) is 23.9 Å². The second-order valence-electron chi connectivity index (χ2n) is 17.7. The van der Waals surface area contributed by atoms with Gasteiger partial charge < -0.3 is 58.8 Å². The van der Waals surface area contributed by atoms with Crippen molar-refractivity contribution in [2.75, 3.05) is 27.3 Å². The van der Waals surface area contributed by atoms with Crippen LogP contribution in [0.1, 0.15) is 119 Å². The smallest absolute Gasteiger partial charge is 0.243 e. The number of nitrogens with two attached hydrogens (primary N) is 4. The van der Waals surface area contributed by atoms with Crippen LogP contribution in [-0.4, -0.2) is 104 Å². The number of phenolic OH excluding ortho intramolecular Hbond substituents is 1. The average molecular weight is 974 g/mol. The zero-order valence-corrected chi connectivity index (χ0v) is 41.5. The molecular weight excluding hydrogens is 899 g/mol. The van der Waals surface area contributed by atoms with E-state index in [-0.39, 0.29) is 72.9 Å². The fraction of sp³-hybridized carbons (Fsp3) is 0.529. The molecule has 4 atom stereocenters. The summed E-state index contributed by atoms with van der Waals surface area (Å²) in [5.41, 5.74) is 26.5. The molecule has 5 amide bonds. The number of aryl methyl sites for hydroxylation is 2. The Labute approximate surface area is 411 Å². The number of unbranched alkanes of at least 4 members (excludes halogenated alkanes) is 7. The van der Waals surface area contributed by atoms with Crippen molar-refractivity contribution in [2.24, 2.45) is 27.9 Å². The van der Waals surface area contributed by atoms with E-state index in [0.29, 0.717) is 72.9 Å². The van der Waals surface area contributed by atoms with Gasteiger partial charge in [0, 0.05) is 43.5 Å². The number of methoxy groups -OCH3 is 2. The molecular formula is C51H75N9O10. The van der Waals surface area contributed by atoms with E-state index in [1.807, 2.05) is 6.07 Å². The number of benzene rings is 2. The molecule has 1 aliphatic rings. The number of Topliss-reactive ketones (excluding diaryl/α,β-unsaturated/α-hetero) is 2. The third-order valence-electron chi connectivity index (χ3n) is 12.3. The molecule has 0 bridgehead atoms. The van der Waals surface area contributed by atoms with Crippen molar-refractivity contribution in [3.05, 3.63) is 87.4 Å². The molecule has 0 saturated carbocycles. The number of aromatic hydroxyl groups is 1. The molecule has 0 spiro atoms. The number of carbonyl (C=O) groups is 7. The summed E-state index contributed by atoms with van der Waals surface area (Å²) in [4.78, 5) is 96.4. The van der Waals surface area contributed by atoms with Crippen molar-refractivity contribution in [1.29, 1.82) is 0 Å². The Morgan fingerprint density at radius 3 is 1.86 bits per heavy atom. The zero-order chi connectivity index (χ0) is 51.8. The number of hydrogen-bond donors (Lipinski definition) is 9. The van der Waals surface area contributed by atoms with Gasteiger partial charge in [0.2, 0.25) is 52.6 Å². The summed E-state index contributed by atoms with van der Waals surface area (Å²) in [5.74, 6) is -3.61. The van der Waals surface area contributed by atoms with Crippen LogP contribution < -0.4 is 44.2 Å². The minimum Gasteiger partial charge on any atom is -0.508 e. The molecule has 0 unspecified atom stereocenters. The van der Waals surface area contributed by atoms with Crippen LogP contribution in [0.3, 0.4) is 0 Å². The lowest BCUT2D eigenvalue weighted by Gasteiger charge is -2.26. The van der Waals surface area contributed by atoms with Gasteiger partial charge in [0.25, 0.3) is 0 Å². The topological polar surface area (TPSA) is 323 Å². The Bertz CT molecular complexity index is 2200. The van der Waals surface area contributed by atoms with E-state index in [9.17, 15) is 38.7 Å². The molecule has 2 aromatic rings. The van der Waals surface area contributed by atoms with Crippen molar-refractivity contribution in [1.82, 2.24) is 21.3 Å². The predicted octanol–water partition coefficient (Wildman–Crippen LogP) is 2.88. The highest BCUT2D eigenvalue weighted by Crippen LogP contribution is 2.29. The molecule has 19 heteroatoms. The minimum atomic E-state index is -1.20. The molecule has 19 nitrogen and oxygen atoms in total. The number of aliphatic imine (C=N–C) groups is 1. The van der Waals surface area contributed by atoms with Crippen molar-refractivity contribution in [2.45, 2.75) is 148 Å². The first kappa shape index (κ1) is 57.6. The lowest BCUT2D eigenvalue weighted by molar-refractivity contribution is -0.133. The third-order valence-corrected chi connectivity index (χ3v) is 12.3. The van der Waals surface area contributed by atoms with E-state index in [4.69, 9.17) is 32.4 Å². The molecule has 0 saturated heterocycles. The van der Waals surface area contributed by atoms with E-state index < -0.39 is 47.8 Å². The van der Waals surface area contributed by atoms with Gasteiger partial charge in [0.15, 0.2) is 5.96 Å². The molecule has 0 radical (unpaired) electrons. The van der Waals surface area contributed by atoms with Crippen LogP contribution in [0.2, 0.25) is 0 Å². The van der Waals surface area contributed by atoms with Crippen LogP contribution in [0.25, 0.3) is 0 Å². The van der Waals surface area contributed by atoms with Gasteiger partial charge >= 0.3 is 0 Å². The number of phenols is 1. The molecule has 13 N–H and O–H groups in total. The maximum atomic E-state index is 14.3. The zero-order valence-electron chi connectivity index (χ0n) is 41.5. The van der Waals surface area contributed by atoms with E-state index in [1.165, 1.54) is 14.2 Å². The summed E-state index contributed by atoms with van der Waals surface area (Å²) in [6.07, 6.45) is 8.67. The molecule has 384 valence electrons. The average Bonchev–Trinajstić information content (AvgIpc) is 3.31. The van der Waals surface area contributed by atoms with Crippen LogP contribution in [0, 0.1) is 13.8 Å². The largest absolute Gasteiger partial charge is 0.508 e.